The molecule has 3 unspecified atom stereocenters. The number of methoxy groups -OCH3 is 1. The third-order valence-corrected chi connectivity index (χ3v) is 6.21. The van der Waals surface area contributed by atoms with E-state index in [9.17, 15) is 8.42 Å². The van der Waals surface area contributed by atoms with Gasteiger partial charge in [-0.1, -0.05) is 18.0 Å². The summed E-state index contributed by atoms with van der Waals surface area (Å²) in [6, 6.07) is 4.70. The second kappa shape index (κ2) is 5.20. The number of fused-ring (bicyclic) bond motifs is 2. The summed E-state index contributed by atoms with van der Waals surface area (Å²) >= 11 is 5.91. The predicted molar refractivity (Wildman–Crippen MR) is 77.6 cm³/mol. The minimum atomic E-state index is -3.59. The van der Waals surface area contributed by atoms with E-state index in [0.29, 0.717) is 22.6 Å². The Hall–Kier alpha value is -0.780. The first-order valence-corrected chi connectivity index (χ1v) is 8.71. The summed E-state index contributed by atoms with van der Waals surface area (Å²) in [6.07, 6.45) is 4.47. The normalized spacial score (nSPS) is 28.8. The summed E-state index contributed by atoms with van der Waals surface area (Å²) < 4.78 is 33.1. The molecule has 4 nitrogen and oxygen atoms in total. The molecule has 0 heterocycles. The Morgan fingerprint density at radius 3 is 2.70 bits per heavy atom. The molecule has 1 N–H and O–H groups in total. The summed E-state index contributed by atoms with van der Waals surface area (Å²) in [5, 5.41) is 0.388. The lowest BCUT2D eigenvalue weighted by atomic mass is 9.96. The van der Waals surface area contributed by atoms with Crippen molar-refractivity contribution in [1.29, 1.82) is 0 Å². The smallest absolute Gasteiger partial charge is 0.244 e. The molecule has 0 spiro atoms. The van der Waals surface area contributed by atoms with Crippen LogP contribution >= 0.6 is 11.6 Å². The topological polar surface area (TPSA) is 55.4 Å². The second-order valence-electron chi connectivity index (χ2n) is 5.70. The summed E-state index contributed by atoms with van der Waals surface area (Å²) in [4.78, 5) is 0.121. The van der Waals surface area contributed by atoms with Crippen molar-refractivity contribution in [3.8, 4) is 5.75 Å². The molecule has 110 valence electrons. The lowest BCUT2D eigenvalue weighted by Gasteiger charge is -2.23. The molecule has 1 aromatic carbocycles. The number of nitrogens with one attached hydrogen (secondary N) is 1. The number of sulfonamides is 1. The number of benzene rings is 1. The Kier molecular flexibility index (Phi) is 3.69. The first-order valence-electron chi connectivity index (χ1n) is 6.85. The molecule has 2 aliphatic carbocycles. The van der Waals surface area contributed by atoms with E-state index in [-0.39, 0.29) is 10.9 Å². The molecule has 0 saturated heterocycles. The zero-order chi connectivity index (χ0) is 14.3. The average molecular weight is 316 g/mol. The zero-order valence-corrected chi connectivity index (χ0v) is 12.9. The highest BCUT2D eigenvalue weighted by Gasteiger charge is 2.41. The fourth-order valence-corrected chi connectivity index (χ4v) is 5.26. The van der Waals surface area contributed by atoms with Crippen molar-refractivity contribution in [2.75, 3.05) is 7.11 Å². The van der Waals surface area contributed by atoms with E-state index in [4.69, 9.17) is 16.3 Å². The molecule has 0 aromatic heterocycles. The van der Waals surface area contributed by atoms with Crippen molar-refractivity contribution in [2.45, 2.75) is 36.6 Å². The first kappa shape index (κ1) is 14.2. The Morgan fingerprint density at radius 2 is 2.10 bits per heavy atom. The van der Waals surface area contributed by atoms with Gasteiger partial charge in [-0.15, -0.1) is 0 Å². The van der Waals surface area contributed by atoms with E-state index in [2.05, 4.69) is 4.72 Å². The van der Waals surface area contributed by atoms with Crippen LogP contribution in [0.3, 0.4) is 0 Å². The van der Waals surface area contributed by atoms with E-state index in [1.165, 1.54) is 19.6 Å². The van der Waals surface area contributed by atoms with Gasteiger partial charge in [0.1, 0.15) is 10.6 Å². The maximum Gasteiger partial charge on any atom is 0.244 e. The van der Waals surface area contributed by atoms with Crippen LogP contribution in [0.5, 0.6) is 5.75 Å². The minimum Gasteiger partial charge on any atom is -0.495 e. The Balaban J connectivity index is 1.86. The van der Waals surface area contributed by atoms with Crippen LogP contribution in [-0.2, 0) is 10.0 Å². The fourth-order valence-electron chi connectivity index (χ4n) is 3.51. The molecule has 2 bridgehead atoms. The van der Waals surface area contributed by atoms with Gasteiger partial charge in [0.25, 0.3) is 0 Å². The monoisotopic (exact) mass is 315 g/mol. The molecule has 2 saturated carbocycles. The van der Waals surface area contributed by atoms with Crippen molar-refractivity contribution in [3.05, 3.63) is 23.2 Å². The van der Waals surface area contributed by atoms with Crippen molar-refractivity contribution in [2.24, 2.45) is 11.8 Å². The maximum absolute atomic E-state index is 12.5. The quantitative estimate of drug-likeness (QED) is 0.929. The number of ether oxygens (including phenoxy) is 1. The zero-order valence-electron chi connectivity index (χ0n) is 11.3. The van der Waals surface area contributed by atoms with Gasteiger partial charge in [-0.25, -0.2) is 13.1 Å². The molecule has 3 rings (SSSR count). The summed E-state index contributed by atoms with van der Waals surface area (Å²) in [5.74, 6) is 1.50. The number of halogens is 1. The number of rotatable bonds is 4. The van der Waals surface area contributed by atoms with Gasteiger partial charge in [0.15, 0.2) is 0 Å². The van der Waals surface area contributed by atoms with Crippen molar-refractivity contribution >= 4 is 21.6 Å². The Labute approximate surface area is 124 Å². The molecule has 0 amide bonds. The molecular formula is C14H18ClNO3S. The number of hydrogen-bond donors (Lipinski definition) is 1. The van der Waals surface area contributed by atoms with Gasteiger partial charge in [0.2, 0.25) is 10.0 Å². The van der Waals surface area contributed by atoms with Crippen molar-refractivity contribution < 1.29 is 13.2 Å². The molecule has 2 aliphatic rings. The van der Waals surface area contributed by atoms with E-state index in [1.807, 2.05) is 0 Å². The molecule has 1 aromatic rings. The molecular weight excluding hydrogens is 298 g/mol. The van der Waals surface area contributed by atoms with Crippen LogP contribution < -0.4 is 9.46 Å². The van der Waals surface area contributed by atoms with Gasteiger partial charge in [-0.2, -0.15) is 0 Å². The molecule has 3 atom stereocenters. The van der Waals surface area contributed by atoms with Crippen LogP contribution in [0, 0.1) is 11.8 Å². The van der Waals surface area contributed by atoms with E-state index >= 15 is 0 Å². The molecule has 2 fully saturated rings. The molecule has 0 radical (unpaired) electrons. The van der Waals surface area contributed by atoms with Crippen LogP contribution in [0.2, 0.25) is 5.02 Å². The molecule has 20 heavy (non-hydrogen) atoms. The van der Waals surface area contributed by atoms with Gasteiger partial charge in [-0.3, -0.25) is 0 Å². The van der Waals surface area contributed by atoms with E-state index in [1.54, 1.807) is 12.1 Å². The lowest BCUT2D eigenvalue weighted by Crippen LogP contribution is -2.38. The first-order chi connectivity index (χ1) is 9.49. The molecule has 0 aliphatic heterocycles. The van der Waals surface area contributed by atoms with Crippen molar-refractivity contribution in [3.63, 3.8) is 0 Å². The summed E-state index contributed by atoms with van der Waals surface area (Å²) in [7, 11) is -2.13. The van der Waals surface area contributed by atoms with Gasteiger partial charge in [0, 0.05) is 11.1 Å². The lowest BCUT2D eigenvalue weighted by molar-refractivity contribution is 0.385. The summed E-state index contributed by atoms with van der Waals surface area (Å²) in [6.45, 7) is 0. The van der Waals surface area contributed by atoms with Gasteiger partial charge in [-0.05, 0) is 49.3 Å². The van der Waals surface area contributed by atoms with Gasteiger partial charge in [0.05, 0.1) is 7.11 Å². The standard InChI is InChI=1S/C14H18ClNO3S/c1-19-13-5-4-11(15)8-14(13)20(17,18)16-12-7-9-2-3-10(12)6-9/h4-5,8-10,12,16H,2-3,6-7H2,1H3. The van der Waals surface area contributed by atoms with E-state index in [0.717, 1.165) is 19.3 Å². The van der Waals surface area contributed by atoms with Crippen LogP contribution in [0.4, 0.5) is 0 Å². The van der Waals surface area contributed by atoms with Crippen LogP contribution in [0.1, 0.15) is 25.7 Å². The second-order valence-corrected chi connectivity index (χ2v) is 7.82. The van der Waals surface area contributed by atoms with Crippen LogP contribution in [0.25, 0.3) is 0 Å². The average Bonchev–Trinajstić information content (AvgIpc) is 3.00. The van der Waals surface area contributed by atoms with Crippen LogP contribution in [0.15, 0.2) is 23.1 Å². The predicted octanol–water partition coefficient (Wildman–Crippen LogP) is 2.82. The minimum absolute atomic E-state index is 0.0578. The SMILES string of the molecule is COc1ccc(Cl)cc1S(=O)(=O)NC1CC2CCC1C2. The fraction of sp³-hybridized carbons (Fsp3) is 0.571. The van der Waals surface area contributed by atoms with E-state index < -0.39 is 10.0 Å². The highest BCUT2D eigenvalue weighted by atomic mass is 35.5. The van der Waals surface area contributed by atoms with Gasteiger partial charge < -0.3 is 4.74 Å². The third kappa shape index (κ3) is 2.54. The highest BCUT2D eigenvalue weighted by molar-refractivity contribution is 7.89. The third-order valence-electron chi connectivity index (χ3n) is 4.46. The largest absolute Gasteiger partial charge is 0.495 e. The molecule has 6 heteroatoms. The van der Waals surface area contributed by atoms with Gasteiger partial charge >= 0.3 is 0 Å². The van der Waals surface area contributed by atoms with Crippen LogP contribution in [-0.4, -0.2) is 21.6 Å². The summed E-state index contributed by atoms with van der Waals surface area (Å²) in [5.41, 5.74) is 0. The maximum atomic E-state index is 12.5. The van der Waals surface area contributed by atoms with Crippen molar-refractivity contribution in [1.82, 2.24) is 4.72 Å². The Morgan fingerprint density at radius 1 is 1.30 bits per heavy atom. The Bertz CT molecular complexity index is 617. The highest BCUT2D eigenvalue weighted by Crippen LogP contribution is 2.45. The number of hydrogen-bond acceptors (Lipinski definition) is 3.